The molecule has 0 fully saturated rings. The minimum Gasteiger partial charge on any atom is -0.403 e. The van der Waals surface area contributed by atoms with Crippen molar-refractivity contribution in [3.8, 4) is 0 Å². The Kier molecular flexibility index (Phi) is 6.45. The standard InChI is InChI=1S/C27H34OSi/c1-7-23-18-22(3)24(19-21(23)2)20-28-29(27(4,5)6,25-14-10-8-11-15-25)26-16-12-9-13-17-26/h8-19H,7,20H2,1-6H3. The summed E-state index contributed by atoms with van der Waals surface area (Å²) < 4.78 is 7.10. The molecule has 0 aliphatic rings. The van der Waals surface area contributed by atoms with Gasteiger partial charge in [-0.2, -0.15) is 0 Å². The van der Waals surface area contributed by atoms with Gasteiger partial charge in [-0.15, -0.1) is 0 Å². The fourth-order valence-electron chi connectivity index (χ4n) is 4.42. The zero-order chi connectivity index (χ0) is 21.1. The molecule has 0 heterocycles. The molecule has 2 heteroatoms. The van der Waals surface area contributed by atoms with E-state index in [1.807, 2.05) is 0 Å². The number of aryl methyl sites for hydroxylation is 3. The molecule has 0 radical (unpaired) electrons. The Morgan fingerprint density at radius 1 is 0.724 bits per heavy atom. The highest BCUT2D eigenvalue weighted by Gasteiger charge is 2.50. The second-order valence-corrected chi connectivity index (χ2v) is 13.3. The fraction of sp³-hybridized carbons (Fsp3) is 0.333. The molecular weight excluding hydrogens is 368 g/mol. The van der Waals surface area contributed by atoms with Gasteiger partial charge in [0.25, 0.3) is 8.32 Å². The van der Waals surface area contributed by atoms with Crippen LogP contribution in [0, 0.1) is 13.8 Å². The van der Waals surface area contributed by atoms with Gasteiger partial charge in [0.15, 0.2) is 0 Å². The Bertz CT molecular complexity index is 900. The van der Waals surface area contributed by atoms with E-state index in [0.717, 1.165) is 6.42 Å². The zero-order valence-corrected chi connectivity index (χ0v) is 19.8. The molecule has 0 N–H and O–H groups in total. The molecule has 0 atom stereocenters. The fourth-order valence-corrected chi connectivity index (χ4v) is 8.95. The molecule has 0 amide bonds. The lowest BCUT2D eigenvalue weighted by atomic mass is 9.99. The molecule has 29 heavy (non-hydrogen) atoms. The minimum absolute atomic E-state index is 0.00200. The molecule has 0 saturated heterocycles. The highest BCUT2D eigenvalue weighted by atomic mass is 28.4. The van der Waals surface area contributed by atoms with E-state index < -0.39 is 8.32 Å². The molecule has 3 rings (SSSR count). The van der Waals surface area contributed by atoms with E-state index in [9.17, 15) is 0 Å². The third-order valence-electron chi connectivity index (χ3n) is 6.04. The summed E-state index contributed by atoms with van der Waals surface area (Å²) in [5.41, 5.74) is 5.41. The van der Waals surface area contributed by atoms with Crippen LogP contribution in [0.2, 0.25) is 5.04 Å². The van der Waals surface area contributed by atoms with Crippen molar-refractivity contribution in [3.05, 3.63) is 95.1 Å². The number of benzene rings is 3. The largest absolute Gasteiger partial charge is 0.403 e. The van der Waals surface area contributed by atoms with Gasteiger partial charge in [-0.25, -0.2) is 0 Å². The summed E-state index contributed by atoms with van der Waals surface area (Å²) in [6.45, 7) is 14.3. The van der Waals surface area contributed by atoms with Gasteiger partial charge in [-0.1, -0.05) is 100 Å². The van der Waals surface area contributed by atoms with E-state index >= 15 is 0 Å². The van der Waals surface area contributed by atoms with Crippen LogP contribution in [0.3, 0.4) is 0 Å². The monoisotopic (exact) mass is 402 g/mol. The molecule has 152 valence electrons. The molecule has 3 aromatic rings. The molecule has 0 aliphatic carbocycles. The Labute approximate surface area is 177 Å². The Balaban J connectivity index is 2.11. The first-order chi connectivity index (χ1) is 13.8. The van der Waals surface area contributed by atoms with Crippen molar-refractivity contribution in [3.63, 3.8) is 0 Å². The van der Waals surface area contributed by atoms with Crippen LogP contribution in [0.4, 0.5) is 0 Å². The van der Waals surface area contributed by atoms with E-state index in [0.29, 0.717) is 6.61 Å². The van der Waals surface area contributed by atoms with Crippen molar-refractivity contribution < 1.29 is 4.43 Å². The van der Waals surface area contributed by atoms with Crippen molar-refractivity contribution >= 4 is 18.7 Å². The highest BCUT2D eigenvalue weighted by molar-refractivity contribution is 6.99. The summed E-state index contributed by atoms with van der Waals surface area (Å²) in [5, 5.41) is 2.67. The quantitative estimate of drug-likeness (QED) is 0.463. The maximum Gasteiger partial charge on any atom is 0.261 e. The van der Waals surface area contributed by atoms with Gasteiger partial charge in [-0.05, 0) is 57.9 Å². The van der Waals surface area contributed by atoms with Crippen LogP contribution >= 0.6 is 0 Å². The van der Waals surface area contributed by atoms with Crippen LogP contribution in [-0.2, 0) is 17.5 Å². The number of rotatable bonds is 6. The van der Waals surface area contributed by atoms with Crippen molar-refractivity contribution in [1.29, 1.82) is 0 Å². The van der Waals surface area contributed by atoms with Crippen molar-refractivity contribution in [2.24, 2.45) is 0 Å². The van der Waals surface area contributed by atoms with E-state index in [1.54, 1.807) is 0 Å². The van der Waals surface area contributed by atoms with Crippen LogP contribution in [-0.4, -0.2) is 8.32 Å². The predicted molar refractivity (Wildman–Crippen MR) is 128 cm³/mol. The molecule has 0 bridgehead atoms. The lowest BCUT2D eigenvalue weighted by molar-refractivity contribution is 0.285. The highest BCUT2D eigenvalue weighted by Crippen LogP contribution is 2.37. The Morgan fingerprint density at radius 2 is 1.17 bits per heavy atom. The topological polar surface area (TPSA) is 9.23 Å². The summed E-state index contributed by atoms with van der Waals surface area (Å²) in [7, 11) is -2.49. The van der Waals surface area contributed by atoms with Gasteiger partial charge in [0, 0.05) is 0 Å². The maximum absolute atomic E-state index is 7.10. The SMILES string of the molecule is CCc1cc(C)c(CO[Si](c2ccccc2)(c2ccccc2)C(C)(C)C)cc1C. The average Bonchev–Trinajstić information content (AvgIpc) is 2.71. The second kappa shape index (κ2) is 8.69. The van der Waals surface area contributed by atoms with Gasteiger partial charge in [0.2, 0.25) is 0 Å². The normalized spacial score (nSPS) is 12.2. The average molecular weight is 403 g/mol. The molecule has 1 nitrogen and oxygen atoms in total. The summed E-state index contributed by atoms with van der Waals surface area (Å²) in [4.78, 5) is 0. The van der Waals surface area contributed by atoms with Crippen LogP contribution in [0.1, 0.15) is 49.9 Å². The Morgan fingerprint density at radius 3 is 1.62 bits per heavy atom. The van der Waals surface area contributed by atoms with Crippen molar-refractivity contribution in [2.45, 2.75) is 59.6 Å². The van der Waals surface area contributed by atoms with E-state index in [4.69, 9.17) is 4.43 Å². The van der Waals surface area contributed by atoms with Gasteiger partial charge < -0.3 is 4.43 Å². The molecule has 0 spiro atoms. The third kappa shape index (κ3) is 4.24. The predicted octanol–water partition coefficient (Wildman–Crippen LogP) is 5.94. The molecule has 0 aliphatic heterocycles. The van der Waals surface area contributed by atoms with E-state index in [2.05, 4.69) is 114 Å². The second-order valence-electron chi connectivity index (χ2n) is 9.01. The smallest absolute Gasteiger partial charge is 0.261 e. The van der Waals surface area contributed by atoms with Crippen LogP contribution in [0.5, 0.6) is 0 Å². The summed E-state index contributed by atoms with van der Waals surface area (Å²) in [6, 6.07) is 26.4. The van der Waals surface area contributed by atoms with Crippen molar-refractivity contribution in [1.82, 2.24) is 0 Å². The van der Waals surface area contributed by atoms with Crippen LogP contribution in [0.25, 0.3) is 0 Å². The minimum atomic E-state index is -2.49. The van der Waals surface area contributed by atoms with Gasteiger partial charge in [0.05, 0.1) is 6.61 Å². The van der Waals surface area contributed by atoms with Crippen LogP contribution in [0.15, 0.2) is 72.8 Å². The van der Waals surface area contributed by atoms with E-state index in [-0.39, 0.29) is 5.04 Å². The number of hydrogen-bond donors (Lipinski definition) is 0. The van der Waals surface area contributed by atoms with Gasteiger partial charge in [-0.3, -0.25) is 0 Å². The first kappa shape index (κ1) is 21.5. The lowest BCUT2D eigenvalue weighted by Crippen LogP contribution is -2.66. The van der Waals surface area contributed by atoms with Gasteiger partial charge >= 0.3 is 0 Å². The zero-order valence-electron chi connectivity index (χ0n) is 18.8. The number of hydrogen-bond acceptors (Lipinski definition) is 1. The molecule has 3 aromatic carbocycles. The first-order valence-electron chi connectivity index (χ1n) is 10.6. The first-order valence-corrected chi connectivity index (χ1v) is 12.5. The molecule has 0 saturated carbocycles. The van der Waals surface area contributed by atoms with Gasteiger partial charge in [0.1, 0.15) is 0 Å². The van der Waals surface area contributed by atoms with Crippen molar-refractivity contribution in [2.75, 3.05) is 0 Å². The summed E-state index contributed by atoms with van der Waals surface area (Å²) in [5.74, 6) is 0. The maximum atomic E-state index is 7.10. The Hall–Kier alpha value is -2.16. The van der Waals surface area contributed by atoms with E-state index in [1.165, 1.54) is 32.6 Å². The van der Waals surface area contributed by atoms with Crippen LogP contribution < -0.4 is 10.4 Å². The molecular formula is C27H34OSi. The molecule has 0 aromatic heterocycles. The molecule has 0 unspecified atom stereocenters. The summed E-state index contributed by atoms with van der Waals surface area (Å²) >= 11 is 0. The third-order valence-corrected chi connectivity index (χ3v) is 11.0. The summed E-state index contributed by atoms with van der Waals surface area (Å²) in [6.07, 6.45) is 1.07. The lowest BCUT2D eigenvalue weighted by Gasteiger charge is -2.43.